The molecule has 0 saturated heterocycles. The van der Waals surface area contributed by atoms with Gasteiger partial charge in [-0.1, -0.05) is 51.1 Å². The third-order valence-corrected chi connectivity index (χ3v) is 5.01. The third-order valence-electron chi connectivity index (χ3n) is 4.14. The summed E-state index contributed by atoms with van der Waals surface area (Å²) in [6.07, 6.45) is 0. The fourth-order valence-electron chi connectivity index (χ4n) is 2.68. The number of benzene rings is 1. The molecule has 0 fully saturated rings. The van der Waals surface area contributed by atoms with Crippen LogP contribution >= 0.6 is 11.3 Å². The second-order valence-electron chi connectivity index (χ2n) is 7.34. The minimum absolute atomic E-state index is 0.137. The third kappa shape index (κ3) is 4.92. The molecule has 1 aromatic carbocycles. The summed E-state index contributed by atoms with van der Waals surface area (Å²) in [6.45, 7) is 10.0. The van der Waals surface area contributed by atoms with Gasteiger partial charge in [-0.25, -0.2) is 0 Å². The summed E-state index contributed by atoms with van der Waals surface area (Å²) in [5, 5.41) is 7.72. The zero-order valence-corrected chi connectivity index (χ0v) is 16.2. The lowest BCUT2D eigenvalue weighted by Gasteiger charge is -2.34. The smallest absolute Gasteiger partial charge is 0.261 e. The molecule has 25 heavy (non-hydrogen) atoms. The molecular formula is C20H26N2O2S. The van der Waals surface area contributed by atoms with Gasteiger partial charge in [-0.15, -0.1) is 11.3 Å². The summed E-state index contributed by atoms with van der Waals surface area (Å²) < 4.78 is 0. The molecule has 5 heteroatoms. The van der Waals surface area contributed by atoms with Crippen LogP contribution in [0.3, 0.4) is 0 Å². The maximum absolute atomic E-state index is 12.7. The molecule has 0 spiro atoms. The van der Waals surface area contributed by atoms with E-state index >= 15 is 0 Å². The first-order valence-corrected chi connectivity index (χ1v) is 9.28. The van der Waals surface area contributed by atoms with Crippen LogP contribution in [0.5, 0.6) is 0 Å². The second kappa shape index (κ2) is 7.83. The molecular weight excluding hydrogens is 332 g/mol. The van der Waals surface area contributed by atoms with Gasteiger partial charge in [0.25, 0.3) is 5.91 Å². The molecule has 0 aliphatic heterocycles. The van der Waals surface area contributed by atoms with Crippen molar-refractivity contribution in [1.82, 2.24) is 10.6 Å². The zero-order chi connectivity index (χ0) is 18.6. The van der Waals surface area contributed by atoms with Crippen LogP contribution < -0.4 is 10.6 Å². The van der Waals surface area contributed by atoms with Gasteiger partial charge in [0.05, 0.1) is 10.9 Å². The molecule has 4 nitrogen and oxygen atoms in total. The van der Waals surface area contributed by atoms with Crippen LogP contribution in [0.4, 0.5) is 0 Å². The first-order valence-electron chi connectivity index (χ1n) is 8.40. The summed E-state index contributed by atoms with van der Waals surface area (Å²) in [5.41, 5.74) is 2.08. The molecule has 2 N–H and O–H groups in total. The Morgan fingerprint density at radius 3 is 2.28 bits per heavy atom. The number of carbonyl (C=O) groups is 2. The number of nitrogens with one attached hydrogen (secondary N) is 2. The van der Waals surface area contributed by atoms with E-state index in [2.05, 4.69) is 31.4 Å². The van der Waals surface area contributed by atoms with Gasteiger partial charge < -0.3 is 10.6 Å². The van der Waals surface area contributed by atoms with Crippen molar-refractivity contribution in [3.05, 3.63) is 57.8 Å². The topological polar surface area (TPSA) is 58.2 Å². The summed E-state index contributed by atoms with van der Waals surface area (Å²) in [5.74, 6) is -0.408. The number of aryl methyl sites for hydroxylation is 1. The standard InChI is InChI=1S/C20H26N2O2S/c1-13-9-6-7-10-15(13)17(20(3,4)5)22-18(23)14(2)21-19(24)16-11-8-12-25-16/h6-12,14,17H,1-5H3,(H,21,24)(H,22,23)/t14-,17+/m0/s1. The first-order chi connectivity index (χ1) is 11.7. The van der Waals surface area contributed by atoms with E-state index in [0.29, 0.717) is 4.88 Å². The van der Waals surface area contributed by atoms with Crippen LogP contribution in [0.1, 0.15) is 54.5 Å². The highest BCUT2D eigenvalue weighted by molar-refractivity contribution is 7.12. The molecule has 2 aromatic rings. The Morgan fingerprint density at radius 1 is 1.04 bits per heavy atom. The van der Waals surface area contributed by atoms with Crippen LogP contribution in [0.15, 0.2) is 41.8 Å². The minimum atomic E-state index is -0.608. The molecule has 2 amide bonds. The van der Waals surface area contributed by atoms with Crippen LogP contribution in [-0.2, 0) is 4.79 Å². The summed E-state index contributed by atoms with van der Waals surface area (Å²) in [6, 6.07) is 10.9. The van der Waals surface area contributed by atoms with Crippen LogP contribution in [0.2, 0.25) is 0 Å². The van der Waals surface area contributed by atoms with Gasteiger partial charge >= 0.3 is 0 Å². The van der Waals surface area contributed by atoms with E-state index in [1.807, 2.05) is 42.6 Å². The molecule has 0 unspecified atom stereocenters. The molecule has 0 aliphatic carbocycles. The van der Waals surface area contributed by atoms with Crippen molar-refractivity contribution in [3.63, 3.8) is 0 Å². The van der Waals surface area contributed by atoms with Gasteiger partial charge in [0.1, 0.15) is 6.04 Å². The Morgan fingerprint density at radius 2 is 1.72 bits per heavy atom. The van der Waals surface area contributed by atoms with Gasteiger partial charge in [-0.2, -0.15) is 0 Å². The van der Waals surface area contributed by atoms with E-state index in [9.17, 15) is 9.59 Å². The molecule has 134 valence electrons. The lowest BCUT2D eigenvalue weighted by Crippen LogP contribution is -2.48. The van der Waals surface area contributed by atoms with E-state index in [0.717, 1.165) is 11.1 Å². The maximum Gasteiger partial charge on any atom is 0.261 e. The van der Waals surface area contributed by atoms with Crippen molar-refractivity contribution in [1.29, 1.82) is 0 Å². The molecule has 1 aromatic heterocycles. The average Bonchev–Trinajstić information content (AvgIpc) is 3.06. The van der Waals surface area contributed by atoms with E-state index in [1.54, 1.807) is 13.0 Å². The summed E-state index contributed by atoms with van der Waals surface area (Å²) in [4.78, 5) is 25.4. The molecule has 0 radical (unpaired) electrons. The van der Waals surface area contributed by atoms with Crippen molar-refractivity contribution >= 4 is 23.2 Å². The van der Waals surface area contributed by atoms with Gasteiger partial charge in [0.2, 0.25) is 5.91 Å². The van der Waals surface area contributed by atoms with Gasteiger partial charge in [0.15, 0.2) is 0 Å². The Hall–Kier alpha value is -2.14. The Balaban J connectivity index is 2.12. The number of hydrogen-bond donors (Lipinski definition) is 2. The average molecular weight is 359 g/mol. The Bertz CT molecular complexity index is 732. The van der Waals surface area contributed by atoms with Crippen LogP contribution in [-0.4, -0.2) is 17.9 Å². The number of hydrogen-bond acceptors (Lipinski definition) is 3. The highest BCUT2D eigenvalue weighted by Gasteiger charge is 2.30. The Kier molecular flexibility index (Phi) is 6.01. The van der Waals surface area contributed by atoms with E-state index in [-0.39, 0.29) is 23.3 Å². The maximum atomic E-state index is 12.7. The molecule has 0 bridgehead atoms. The quantitative estimate of drug-likeness (QED) is 0.846. The molecule has 1 heterocycles. The van der Waals surface area contributed by atoms with E-state index in [4.69, 9.17) is 0 Å². The monoisotopic (exact) mass is 358 g/mol. The lowest BCUT2D eigenvalue weighted by molar-refractivity contribution is -0.124. The van der Waals surface area contributed by atoms with E-state index < -0.39 is 6.04 Å². The van der Waals surface area contributed by atoms with Crippen molar-refractivity contribution in [3.8, 4) is 0 Å². The highest BCUT2D eigenvalue weighted by Crippen LogP contribution is 2.34. The number of thiophene rings is 1. The Labute approximate surface area is 153 Å². The largest absolute Gasteiger partial charge is 0.347 e. The number of amides is 2. The van der Waals surface area contributed by atoms with Crippen LogP contribution in [0, 0.1) is 12.3 Å². The normalized spacial score (nSPS) is 13.8. The molecule has 2 rings (SSSR count). The highest BCUT2D eigenvalue weighted by atomic mass is 32.1. The lowest BCUT2D eigenvalue weighted by atomic mass is 9.80. The first kappa shape index (κ1) is 19.2. The van der Waals surface area contributed by atoms with Crippen molar-refractivity contribution in [2.24, 2.45) is 5.41 Å². The fraction of sp³-hybridized carbons (Fsp3) is 0.400. The SMILES string of the molecule is Cc1ccccc1[C@@H](NC(=O)[C@H](C)NC(=O)c1cccs1)C(C)(C)C. The van der Waals surface area contributed by atoms with E-state index in [1.165, 1.54) is 11.3 Å². The predicted molar refractivity (Wildman–Crippen MR) is 103 cm³/mol. The number of carbonyl (C=O) groups excluding carboxylic acids is 2. The minimum Gasteiger partial charge on any atom is -0.347 e. The zero-order valence-electron chi connectivity index (χ0n) is 15.4. The molecule has 0 saturated carbocycles. The van der Waals surface area contributed by atoms with Crippen molar-refractivity contribution < 1.29 is 9.59 Å². The van der Waals surface area contributed by atoms with Gasteiger partial charge in [-0.05, 0) is 41.8 Å². The van der Waals surface area contributed by atoms with Crippen molar-refractivity contribution in [2.45, 2.75) is 46.7 Å². The van der Waals surface area contributed by atoms with Gasteiger partial charge in [0, 0.05) is 0 Å². The molecule has 0 aliphatic rings. The van der Waals surface area contributed by atoms with Crippen LogP contribution in [0.25, 0.3) is 0 Å². The van der Waals surface area contributed by atoms with Gasteiger partial charge in [-0.3, -0.25) is 9.59 Å². The second-order valence-corrected chi connectivity index (χ2v) is 8.28. The summed E-state index contributed by atoms with van der Waals surface area (Å²) >= 11 is 1.36. The predicted octanol–water partition coefficient (Wildman–Crippen LogP) is 4.08. The van der Waals surface area contributed by atoms with Crippen molar-refractivity contribution in [2.75, 3.05) is 0 Å². The number of rotatable bonds is 5. The molecule has 2 atom stereocenters. The summed E-state index contributed by atoms with van der Waals surface area (Å²) in [7, 11) is 0. The fourth-order valence-corrected chi connectivity index (χ4v) is 3.31.